The largest absolute Gasteiger partial charge is 0.383 e. The fraction of sp³-hybridized carbons (Fsp3) is 0.526. The number of methoxy groups -OCH3 is 1. The third-order valence-electron chi connectivity index (χ3n) is 5.64. The summed E-state index contributed by atoms with van der Waals surface area (Å²) >= 11 is 1.52. The summed E-state index contributed by atoms with van der Waals surface area (Å²) < 4.78 is 5.82. The monoisotopic (exact) mass is 386 g/mol. The number of hydrogen-bond acceptors (Lipinski definition) is 8. The second kappa shape index (κ2) is 7.90. The highest BCUT2D eigenvalue weighted by atomic mass is 32.2. The van der Waals surface area contributed by atoms with Crippen LogP contribution in [-0.4, -0.2) is 53.6 Å². The molecule has 1 aliphatic heterocycles. The number of fused-ring (bicyclic) bond motifs is 1. The minimum atomic E-state index is 0.186. The number of hydrogen-bond donors (Lipinski definition) is 2. The summed E-state index contributed by atoms with van der Waals surface area (Å²) in [7, 11) is 1.81. The molecule has 0 unspecified atom stereocenters. The second-order valence-electron chi connectivity index (χ2n) is 7.27. The van der Waals surface area contributed by atoms with E-state index >= 15 is 0 Å². The first kappa shape index (κ1) is 18.3. The van der Waals surface area contributed by atoms with Gasteiger partial charge in [0.2, 0.25) is 0 Å². The lowest BCUT2D eigenvalue weighted by Crippen LogP contribution is -2.44. The Morgan fingerprint density at radius 2 is 2.04 bits per heavy atom. The van der Waals surface area contributed by atoms with Gasteiger partial charge < -0.3 is 20.7 Å². The molecular formula is C19H26N6OS. The van der Waals surface area contributed by atoms with E-state index in [-0.39, 0.29) is 12.1 Å². The van der Waals surface area contributed by atoms with Gasteiger partial charge in [0, 0.05) is 32.5 Å². The first-order chi connectivity index (χ1) is 13.2. The molecule has 27 heavy (non-hydrogen) atoms. The van der Waals surface area contributed by atoms with Crippen molar-refractivity contribution in [3.63, 3.8) is 0 Å². The van der Waals surface area contributed by atoms with Crippen LogP contribution in [0.2, 0.25) is 0 Å². The van der Waals surface area contributed by atoms with Crippen LogP contribution in [0.1, 0.15) is 12.8 Å². The molecule has 1 aliphatic carbocycles. The molecule has 144 valence electrons. The first-order valence-corrected chi connectivity index (χ1v) is 10.5. The number of pyridine rings is 1. The van der Waals surface area contributed by atoms with Crippen LogP contribution in [-0.2, 0) is 4.74 Å². The number of aromatic nitrogens is 3. The van der Waals surface area contributed by atoms with Crippen molar-refractivity contribution in [2.75, 3.05) is 42.4 Å². The molecule has 4 atom stereocenters. The van der Waals surface area contributed by atoms with E-state index in [1.54, 1.807) is 7.11 Å². The number of ether oxygens (including phenoxy) is 1. The molecule has 1 saturated carbocycles. The van der Waals surface area contributed by atoms with Crippen LogP contribution in [0, 0.1) is 11.8 Å². The zero-order valence-electron chi connectivity index (χ0n) is 15.7. The maximum atomic E-state index is 5.97. The number of nitrogens with two attached hydrogens (primary N) is 1. The first-order valence-electron chi connectivity index (χ1n) is 9.30. The van der Waals surface area contributed by atoms with Gasteiger partial charge >= 0.3 is 0 Å². The number of nitrogens with one attached hydrogen (secondary N) is 1. The summed E-state index contributed by atoms with van der Waals surface area (Å²) in [4.78, 5) is 15.7. The number of nitrogen functional groups attached to an aromatic ring is 1. The quantitative estimate of drug-likeness (QED) is 0.599. The van der Waals surface area contributed by atoms with E-state index in [1.807, 2.05) is 36.7 Å². The average molecular weight is 387 g/mol. The number of rotatable bonds is 5. The molecule has 4 rings (SSSR count). The van der Waals surface area contributed by atoms with Crippen molar-refractivity contribution in [2.24, 2.45) is 11.8 Å². The van der Waals surface area contributed by atoms with Gasteiger partial charge in [0.1, 0.15) is 17.5 Å². The third kappa shape index (κ3) is 3.96. The van der Waals surface area contributed by atoms with Crippen molar-refractivity contribution < 1.29 is 4.74 Å². The summed E-state index contributed by atoms with van der Waals surface area (Å²) in [5, 5.41) is 4.30. The summed E-state index contributed by atoms with van der Waals surface area (Å²) in [5.41, 5.74) is 5.97. The Morgan fingerprint density at radius 3 is 2.74 bits per heavy atom. The predicted molar refractivity (Wildman–Crippen MR) is 109 cm³/mol. The highest BCUT2D eigenvalue weighted by molar-refractivity contribution is 7.98. The lowest BCUT2D eigenvalue weighted by molar-refractivity contribution is 0.0305. The average Bonchev–Trinajstić information content (AvgIpc) is 3.10. The van der Waals surface area contributed by atoms with Gasteiger partial charge in [-0.2, -0.15) is 0 Å². The third-order valence-corrected chi connectivity index (χ3v) is 6.18. The van der Waals surface area contributed by atoms with Gasteiger partial charge in [-0.3, -0.25) is 0 Å². The number of anilines is 3. The van der Waals surface area contributed by atoms with E-state index in [9.17, 15) is 0 Å². The standard InChI is InChI=1S/C19H26N6OS/c1-26-15-8-13-11-25(18-9-16(20)23-19(24-18)27-2)10-12(13)7-14(15)22-17-5-3-4-6-21-17/h3-6,9,12-15H,7-8,10-11H2,1-2H3,(H,21,22)(H2,20,23,24)/t12-,13+,14-,15-/m1/s1. The molecule has 3 N–H and O–H groups in total. The summed E-state index contributed by atoms with van der Waals surface area (Å²) in [6.07, 6.45) is 6.07. The zero-order chi connectivity index (χ0) is 18.8. The molecule has 2 aromatic heterocycles. The molecule has 0 bridgehead atoms. The Hall–Kier alpha value is -2.06. The fourth-order valence-electron chi connectivity index (χ4n) is 4.33. The van der Waals surface area contributed by atoms with E-state index in [0.29, 0.717) is 17.7 Å². The van der Waals surface area contributed by atoms with E-state index in [2.05, 4.69) is 25.2 Å². The zero-order valence-corrected chi connectivity index (χ0v) is 16.5. The van der Waals surface area contributed by atoms with E-state index in [1.165, 1.54) is 11.8 Å². The van der Waals surface area contributed by atoms with E-state index < -0.39 is 0 Å². The van der Waals surface area contributed by atoms with Gasteiger partial charge in [-0.15, -0.1) is 0 Å². The van der Waals surface area contributed by atoms with E-state index in [0.717, 1.165) is 42.7 Å². The van der Waals surface area contributed by atoms with Gasteiger partial charge in [0.05, 0.1) is 12.1 Å². The van der Waals surface area contributed by atoms with Crippen molar-refractivity contribution >= 4 is 29.2 Å². The summed E-state index contributed by atoms with van der Waals surface area (Å²) in [5.74, 6) is 3.58. The summed E-state index contributed by atoms with van der Waals surface area (Å²) in [6.45, 7) is 1.98. The van der Waals surface area contributed by atoms with Gasteiger partial charge in [-0.25, -0.2) is 15.0 Å². The van der Waals surface area contributed by atoms with Crippen LogP contribution < -0.4 is 16.0 Å². The molecule has 8 heteroatoms. The van der Waals surface area contributed by atoms with Crippen LogP contribution in [0.5, 0.6) is 0 Å². The Labute approximate surface area is 164 Å². The van der Waals surface area contributed by atoms with Gasteiger partial charge in [-0.1, -0.05) is 17.8 Å². The van der Waals surface area contributed by atoms with Crippen LogP contribution in [0.15, 0.2) is 35.6 Å². The molecule has 3 heterocycles. The normalized spacial score (nSPS) is 27.4. The Balaban J connectivity index is 1.48. The highest BCUT2D eigenvalue weighted by Crippen LogP contribution is 2.40. The maximum absolute atomic E-state index is 5.97. The molecular weight excluding hydrogens is 360 g/mol. The Kier molecular flexibility index (Phi) is 5.36. The molecule has 0 radical (unpaired) electrons. The predicted octanol–water partition coefficient (Wildman–Crippen LogP) is 2.52. The van der Waals surface area contributed by atoms with Crippen LogP contribution >= 0.6 is 11.8 Å². The SMILES string of the molecule is CO[C@@H]1C[C@H]2CN(c3cc(N)nc(SC)n3)C[C@H]2C[C@H]1Nc1ccccn1. The number of nitrogens with zero attached hydrogens (tertiary/aromatic N) is 4. The minimum absolute atomic E-state index is 0.186. The number of thioether (sulfide) groups is 1. The van der Waals surface area contributed by atoms with Gasteiger partial charge in [0.15, 0.2) is 5.16 Å². The maximum Gasteiger partial charge on any atom is 0.191 e. The van der Waals surface area contributed by atoms with Crippen LogP contribution in [0.3, 0.4) is 0 Å². The van der Waals surface area contributed by atoms with Crippen molar-refractivity contribution in [3.05, 3.63) is 30.5 Å². The molecule has 2 aromatic rings. The smallest absolute Gasteiger partial charge is 0.191 e. The van der Waals surface area contributed by atoms with Crippen LogP contribution in [0.4, 0.5) is 17.5 Å². The van der Waals surface area contributed by atoms with Gasteiger partial charge in [0.25, 0.3) is 0 Å². The Bertz CT molecular complexity index is 776. The van der Waals surface area contributed by atoms with Gasteiger partial charge in [-0.05, 0) is 43.1 Å². The van der Waals surface area contributed by atoms with Crippen molar-refractivity contribution in [2.45, 2.75) is 30.1 Å². The van der Waals surface area contributed by atoms with Crippen molar-refractivity contribution in [1.29, 1.82) is 0 Å². The topological polar surface area (TPSA) is 89.2 Å². The lowest BCUT2D eigenvalue weighted by Gasteiger charge is -2.37. The highest BCUT2D eigenvalue weighted by Gasteiger charge is 2.43. The van der Waals surface area contributed by atoms with Crippen molar-refractivity contribution in [1.82, 2.24) is 15.0 Å². The molecule has 2 fully saturated rings. The lowest BCUT2D eigenvalue weighted by atomic mass is 9.77. The molecule has 0 amide bonds. The fourth-order valence-corrected chi connectivity index (χ4v) is 4.72. The molecule has 2 aliphatic rings. The minimum Gasteiger partial charge on any atom is -0.383 e. The second-order valence-corrected chi connectivity index (χ2v) is 8.05. The molecule has 0 aromatic carbocycles. The van der Waals surface area contributed by atoms with Crippen LogP contribution in [0.25, 0.3) is 0 Å². The Morgan fingerprint density at radius 1 is 1.22 bits per heavy atom. The van der Waals surface area contributed by atoms with E-state index in [4.69, 9.17) is 10.5 Å². The van der Waals surface area contributed by atoms with Crippen molar-refractivity contribution in [3.8, 4) is 0 Å². The molecule has 1 saturated heterocycles. The molecule has 7 nitrogen and oxygen atoms in total. The molecule has 0 spiro atoms. The summed E-state index contributed by atoms with van der Waals surface area (Å²) in [6, 6.07) is 8.09.